The van der Waals surface area contributed by atoms with Gasteiger partial charge >= 0.3 is 0 Å². The van der Waals surface area contributed by atoms with Crippen molar-refractivity contribution in [2.45, 2.75) is 19.4 Å². The van der Waals surface area contributed by atoms with Crippen molar-refractivity contribution in [1.82, 2.24) is 14.9 Å². The quantitative estimate of drug-likeness (QED) is 0.690. The van der Waals surface area contributed by atoms with E-state index < -0.39 is 0 Å². The Labute approximate surface area is 159 Å². The van der Waals surface area contributed by atoms with Crippen LogP contribution in [0.2, 0.25) is 0 Å². The lowest BCUT2D eigenvalue weighted by Gasteiger charge is -2.26. The highest BCUT2D eigenvalue weighted by Gasteiger charge is 2.21. The zero-order valence-electron chi connectivity index (χ0n) is 14.7. The Morgan fingerprint density at radius 3 is 2.46 bits per heavy atom. The summed E-state index contributed by atoms with van der Waals surface area (Å²) in [6, 6.07) is 16.9. The normalized spacial score (nSPS) is 13.8. The van der Waals surface area contributed by atoms with Crippen molar-refractivity contribution in [1.29, 1.82) is 0 Å². The highest BCUT2D eigenvalue weighted by atomic mass is 35.5. The van der Waals surface area contributed by atoms with Crippen LogP contribution in [0.4, 0.5) is 4.39 Å². The van der Waals surface area contributed by atoms with Crippen LogP contribution in [0.1, 0.15) is 22.6 Å². The lowest BCUT2D eigenvalue weighted by atomic mass is 9.98. The molecule has 0 amide bonds. The predicted molar refractivity (Wildman–Crippen MR) is 104 cm³/mol. The molecule has 0 bridgehead atoms. The minimum atomic E-state index is -0.226. The van der Waals surface area contributed by atoms with Gasteiger partial charge in [0.25, 0.3) is 0 Å². The molecule has 0 N–H and O–H groups in total. The fraction of sp³-hybridized carbons (Fsp3) is 0.238. The molecule has 2 heterocycles. The molecule has 5 heteroatoms. The van der Waals surface area contributed by atoms with Crippen molar-refractivity contribution in [2.75, 3.05) is 13.6 Å². The molecule has 4 rings (SSSR count). The van der Waals surface area contributed by atoms with Gasteiger partial charge in [-0.2, -0.15) is 0 Å². The number of halogens is 2. The Bertz CT molecular complexity index is 882. The van der Waals surface area contributed by atoms with Crippen LogP contribution in [0.3, 0.4) is 0 Å². The summed E-state index contributed by atoms with van der Waals surface area (Å²) >= 11 is 0. The van der Waals surface area contributed by atoms with Crippen molar-refractivity contribution < 1.29 is 4.39 Å². The molecule has 1 aromatic heterocycles. The fourth-order valence-electron chi connectivity index (χ4n) is 3.32. The monoisotopic (exact) mass is 369 g/mol. The Morgan fingerprint density at radius 2 is 1.73 bits per heavy atom. The van der Waals surface area contributed by atoms with Gasteiger partial charge in [0.1, 0.15) is 11.6 Å². The Hall–Kier alpha value is -2.30. The van der Waals surface area contributed by atoms with E-state index in [1.165, 1.54) is 23.3 Å². The zero-order valence-corrected chi connectivity index (χ0v) is 15.5. The molecule has 0 atom stereocenters. The van der Waals surface area contributed by atoms with E-state index in [1.807, 2.05) is 30.3 Å². The first-order chi connectivity index (χ1) is 12.2. The highest BCUT2D eigenvalue weighted by Crippen LogP contribution is 2.28. The number of rotatable bonds is 3. The van der Waals surface area contributed by atoms with Crippen molar-refractivity contribution in [3.8, 4) is 11.3 Å². The minimum Gasteiger partial charge on any atom is -0.300 e. The van der Waals surface area contributed by atoms with E-state index >= 15 is 0 Å². The maximum absolute atomic E-state index is 13.3. The molecule has 26 heavy (non-hydrogen) atoms. The second-order valence-corrected chi connectivity index (χ2v) is 6.57. The molecule has 1 aliphatic rings. The van der Waals surface area contributed by atoms with E-state index in [0.29, 0.717) is 6.42 Å². The molecule has 0 fully saturated rings. The van der Waals surface area contributed by atoms with Crippen LogP contribution < -0.4 is 0 Å². The standard InChI is InChI=1S/C21H20FN3.ClH/c1-25-12-11-18-19(14-25)23-20(13-15-5-3-2-4-6-15)24-21(18)16-7-9-17(22)10-8-16;/h2-10H,11-14H2,1H3;1H. The average molecular weight is 370 g/mol. The summed E-state index contributed by atoms with van der Waals surface area (Å²) in [6.45, 7) is 1.82. The third kappa shape index (κ3) is 3.92. The number of likely N-dealkylation sites (N-methyl/N-ethyl adjacent to an activating group) is 1. The van der Waals surface area contributed by atoms with Crippen molar-refractivity contribution in [3.05, 3.63) is 83.1 Å². The largest absolute Gasteiger partial charge is 0.300 e. The van der Waals surface area contributed by atoms with Gasteiger partial charge in [0.05, 0.1) is 11.4 Å². The number of nitrogens with zero attached hydrogens (tertiary/aromatic N) is 3. The number of hydrogen-bond donors (Lipinski definition) is 0. The SMILES string of the molecule is CN1CCc2c(nc(Cc3ccccc3)nc2-c2ccc(F)cc2)C1.Cl. The molecular weight excluding hydrogens is 349 g/mol. The first-order valence-electron chi connectivity index (χ1n) is 8.56. The third-order valence-electron chi connectivity index (χ3n) is 4.63. The van der Waals surface area contributed by atoms with Crippen LogP contribution >= 0.6 is 12.4 Å². The van der Waals surface area contributed by atoms with E-state index in [1.54, 1.807) is 0 Å². The molecular formula is C21H21ClFN3. The molecule has 0 saturated heterocycles. The second kappa shape index (κ2) is 7.94. The first kappa shape index (κ1) is 18.5. The first-order valence-corrected chi connectivity index (χ1v) is 8.56. The maximum atomic E-state index is 13.3. The maximum Gasteiger partial charge on any atom is 0.133 e. The van der Waals surface area contributed by atoms with Crippen molar-refractivity contribution in [3.63, 3.8) is 0 Å². The van der Waals surface area contributed by atoms with Gasteiger partial charge < -0.3 is 4.90 Å². The molecule has 0 radical (unpaired) electrons. The van der Waals surface area contributed by atoms with E-state index in [0.717, 1.165) is 42.3 Å². The molecule has 3 aromatic rings. The van der Waals surface area contributed by atoms with Crippen molar-refractivity contribution >= 4 is 12.4 Å². The van der Waals surface area contributed by atoms with Gasteiger partial charge in [0.2, 0.25) is 0 Å². The Balaban J connectivity index is 0.00000196. The van der Waals surface area contributed by atoms with Crippen LogP contribution in [-0.2, 0) is 19.4 Å². The van der Waals surface area contributed by atoms with Gasteiger partial charge in [-0.3, -0.25) is 0 Å². The van der Waals surface area contributed by atoms with E-state index in [-0.39, 0.29) is 18.2 Å². The van der Waals surface area contributed by atoms with Gasteiger partial charge in [-0.25, -0.2) is 14.4 Å². The number of aromatic nitrogens is 2. The molecule has 0 saturated carbocycles. The summed E-state index contributed by atoms with van der Waals surface area (Å²) in [6.07, 6.45) is 1.62. The van der Waals surface area contributed by atoms with E-state index in [4.69, 9.17) is 9.97 Å². The summed E-state index contributed by atoms with van der Waals surface area (Å²) in [5.74, 6) is 0.593. The summed E-state index contributed by atoms with van der Waals surface area (Å²) in [5.41, 5.74) is 5.38. The molecule has 134 valence electrons. The molecule has 0 spiro atoms. The molecule has 2 aromatic carbocycles. The van der Waals surface area contributed by atoms with Crippen molar-refractivity contribution in [2.24, 2.45) is 0 Å². The smallest absolute Gasteiger partial charge is 0.133 e. The molecule has 1 aliphatic heterocycles. The average Bonchev–Trinajstić information content (AvgIpc) is 2.62. The third-order valence-corrected chi connectivity index (χ3v) is 4.63. The molecule has 3 nitrogen and oxygen atoms in total. The highest BCUT2D eigenvalue weighted by molar-refractivity contribution is 5.85. The molecule has 0 aliphatic carbocycles. The van der Waals surface area contributed by atoms with Crippen LogP contribution in [-0.4, -0.2) is 28.5 Å². The van der Waals surface area contributed by atoms with E-state index in [9.17, 15) is 4.39 Å². The fourth-order valence-corrected chi connectivity index (χ4v) is 3.32. The van der Waals surface area contributed by atoms with Gasteiger partial charge in [0, 0.05) is 30.6 Å². The van der Waals surface area contributed by atoms with Crippen LogP contribution in [0.25, 0.3) is 11.3 Å². The van der Waals surface area contributed by atoms with Crippen LogP contribution in [0.15, 0.2) is 54.6 Å². The van der Waals surface area contributed by atoms with Gasteiger partial charge in [-0.05, 0) is 43.3 Å². The van der Waals surface area contributed by atoms with Gasteiger partial charge in [0.15, 0.2) is 0 Å². The lowest BCUT2D eigenvalue weighted by Crippen LogP contribution is -2.28. The summed E-state index contributed by atoms with van der Waals surface area (Å²) in [4.78, 5) is 12.0. The summed E-state index contributed by atoms with van der Waals surface area (Å²) in [7, 11) is 2.11. The second-order valence-electron chi connectivity index (χ2n) is 6.57. The molecule has 0 unspecified atom stereocenters. The van der Waals surface area contributed by atoms with Gasteiger partial charge in [-0.15, -0.1) is 12.4 Å². The summed E-state index contributed by atoms with van der Waals surface area (Å²) in [5, 5.41) is 0. The number of benzene rings is 2. The van der Waals surface area contributed by atoms with E-state index in [2.05, 4.69) is 24.1 Å². The Morgan fingerprint density at radius 1 is 1.00 bits per heavy atom. The lowest BCUT2D eigenvalue weighted by molar-refractivity contribution is 0.307. The summed E-state index contributed by atoms with van der Waals surface area (Å²) < 4.78 is 13.3. The van der Waals surface area contributed by atoms with Crippen LogP contribution in [0.5, 0.6) is 0 Å². The Kier molecular flexibility index (Phi) is 5.64. The number of fused-ring (bicyclic) bond motifs is 1. The topological polar surface area (TPSA) is 29.0 Å². The zero-order chi connectivity index (χ0) is 17.2. The minimum absolute atomic E-state index is 0. The predicted octanol–water partition coefficient (Wildman–Crippen LogP) is 4.28. The van der Waals surface area contributed by atoms with Crippen LogP contribution in [0, 0.1) is 5.82 Å². The number of hydrogen-bond acceptors (Lipinski definition) is 3. The van der Waals surface area contributed by atoms with Gasteiger partial charge in [-0.1, -0.05) is 30.3 Å².